The van der Waals surface area contributed by atoms with Crippen molar-refractivity contribution in [2.45, 2.75) is 6.92 Å². The highest BCUT2D eigenvalue weighted by Gasteiger charge is 2.18. The molecule has 0 bridgehead atoms. The maximum absolute atomic E-state index is 9.75. The normalized spacial score (nSPS) is 10.8. The number of aromatic nitrogens is 1. The van der Waals surface area contributed by atoms with Crippen LogP contribution in [0.2, 0.25) is 10.0 Å². The summed E-state index contributed by atoms with van der Waals surface area (Å²) in [5.41, 5.74) is 2.95. The molecule has 0 aliphatic heterocycles. The Balaban J connectivity index is 2.20. The molecule has 0 amide bonds. The topological polar surface area (TPSA) is 50.3 Å². The van der Waals surface area contributed by atoms with Crippen molar-refractivity contribution in [3.63, 3.8) is 0 Å². The van der Waals surface area contributed by atoms with Crippen molar-refractivity contribution in [3.8, 4) is 22.9 Å². The second kappa shape index (κ2) is 8.09. The zero-order chi connectivity index (χ0) is 18.5. The van der Waals surface area contributed by atoms with Gasteiger partial charge in [-0.15, -0.1) is 0 Å². The number of rotatable bonds is 5. The van der Waals surface area contributed by atoms with Crippen LogP contribution in [0.25, 0.3) is 16.8 Å². The quantitative estimate of drug-likeness (QED) is 0.399. The van der Waals surface area contributed by atoms with Crippen molar-refractivity contribution in [1.29, 1.82) is 5.26 Å². The predicted octanol–water partition coefficient (Wildman–Crippen LogP) is 6.02. The number of nitrogens with zero attached hydrogens (tertiary/aromatic N) is 3. The number of hydrogen-bond donors (Lipinski definition) is 0. The van der Waals surface area contributed by atoms with E-state index in [1.54, 1.807) is 24.3 Å². The van der Waals surface area contributed by atoms with Crippen molar-refractivity contribution in [3.05, 3.63) is 70.3 Å². The van der Waals surface area contributed by atoms with Crippen LogP contribution in [0.1, 0.15) is 12.5 Å². The van der Waals surface area contributed by atoms with Gasteiger partial charge in [0.15, 0.2) is 12.2 Å². The van der Waals surface area contributed by atoms with Crippen molar-refractivity contribution in [2.24, 2.45) is 4.99 Å². The minimum atomic E-state index is 0.457. The van der Waals surface area contributed by atoms with Crippen LogP contribution in [0, 0.1) is 11.3 Å². The van der Waals surface area contributed by atoms with Crippen LogP contribution < -0.4 is 0 Å². The van der Waals surface area contributed by atoms with Crippen LogP contribution in [0.4, 0.5) is 5.82 Å². The second-order valence-corrected chi connectivity index (χ2v) is 6.27. The molecular formula is C20H15Cl2N3O. The van der Waals surface area contributed by atoms with E-state index in [4.69, 9.17) is 27.9 Å². The first-order valence-electron chi connectivity index (χ1n) is 7.95. The number of nitriles is 1. The molecule has 0 saturated heterocycles. The molecule has 26 heavy (non-hydrogen) atoms. The molecular weight excluding hydrogens is 369 g/mol. The highest BCUT2D eigenvalue weighted by atomic mass is 35.5. The van der Waals surface area contributed by atoms with Crippen molar-refractivity contribution < 1.29 is 4.74 Å². The summed E-state index contributed by atoms with van der Waals surface area (Å²) in [6, 6.07) is 16.9. The average Bonchev–Trinajstić information content (AvgIpc) is 3.02. The lowest BCUT2D eigenvalue weighted by Crippen LogP contribution is -1.93. The molecule has 0 fully saturated rings. The SMILES string of the molecule is CCOC=Nc1c(C#N)c(-c2ccc(Cl)cc2)cn1-c1ccc(Cl)cc1. The first-order chi connectivity index (χ1) is 12.6. The molecule has 0 radical (unpaired) electrons. The molecule has 3 rings (SSSR count). The highest BCUT2D eigenvalue weighted by molar-refractivity contribution is 6.30. The molecule has 4 nitrogen and oxygen atoms in total. The molecule has 1 heterocycles. The molecule has 0 aliphatic carbocycles. The van der Waals surface area contributed by atoms with Gasteiger partial charge in [0, 0.05) is 27.5 Å². The van der Waals surface area contributed by atoms with Crippen molar-refractivity contribution in [2.75, 3.05) is 6.61 Å². The van der Waals surface area contributed by atoms with Crippen molar-refractivity contribution in [1.82, 2.24) is 4.57 Å². The maximum atomic E-state index is 9.75. The zero-order valence-corrected chi connectivity index (χ0v) is 15.5. The van der Waals surface area contributed by atoms with Gasteiger partial charge in [0.05, 0.1) is 6.61 Å². The first-order valence-corrected chi connectivity index (χ1v) is 8.71. The van der Waals surface area contributed by atoms with Gasteiger partial charge in [-0.05, 0) is 48.9 Å². The minimum Gasteiger partial charge on any atom is -0.483 e. The highest BCUT2D eigenvalue weighted by Crippen LogP contribution is 2.35. The molecule has 3 aromatic rings. The van der Waals surface area contributed by atoms with E-state index < -0.39 is 0 Å². The molecule has 1 aromatic heterocycles. The monoisotopic (exact) mass is 383 g/mol. The fourth-order valence-corrected chi connectivity index (χ4v) is 2.79. The first kappa shape index (κ1) is 18.1. The molecule has 0 atom stereocenters. The Kier molecular flexibility index (Phi) is 5.62. The Hall–Kier alpha value is -2.74. The van der Waals surface area contributed by atoms with Gasteiger partial charge in [0.2, 0.25) is 0 Å². The van der Waals surface area contributed by atoms with Gasteiger partial charge in [-0.1, -0.05) is 35.3 Å². The summed E-state index contributed by atoms with van der Waals surface area (Å²) in [4.78, 5) is 4.36. The Morgan fingerprint density at radius 2 is 1.69 bits per heavy atom. The Morgan fingerprint density at radius 3 is 2.27 bits per heavy atom. The third-order valence-electron chi connectivity index (χ3n) is 3.77. The summed E-state index contributed by atoms with van der Waals surface area (Å²) in [5.74, 6) is 0.494. The third-order valence-corrected chi connectivity index (χ3v) is 4.27. The molecule has 0 saturated carbocycles. The lowest BCUT2D eigenvalue weighted by molar-refractivity contribution is 0.344. The molecule has 2 aromatic carbocycles. The molecule has 0 spiro atoms. The van der Waals surface area contributed by atoms with Gasteiger partial charge >= 0.3 is 0 Å². The summed E-state index contributed by atoms with van der Waals surface area (Å²) in [6.07, 6.45) is 3.23. The van der Waals surface area contributed by atoms with Crippen molar-refractivity contribution >= 4 is 35.4 Å². The van der Waals surface area contributed by atoms with E-state index in [9.17, 15) is 5.26 Å². The van der Waals surface area contributed by atoms with Gasteiger partial charge in [-0.25, -0.2) is 4.99 Å². The van der Waals surface area contributed by atoms with Gasteiger partial charge in [-0.3, -0.25) is 4.57 Å². The Bertz CT molecular complexity index is 968. The summed E-state index contributed by atoms with van der Waals surface area (Å²) in [5, 5.41) is 11.0. The summed E-state index contributed by atoms with van der Waals surface area (Å²) < 4.78 is 7.07. The second-order valence-electron chi connectivity index (χ2n) is 5.40. The Labute approximate surface area is 161 Å². The van der Waals surface area contributed by atoms with E-state index in [-0.39, 0.29) is 0 Å². The van der Waals surface area contributed by atoms with Crippen LogP contribution >= 0.6 is 23.2 Å². The average molecular weight is 384 g/mol. The number of aliphatic imine (C=N–C) groups is 1. The fourth-order valence-electron chi connectivity index (χ4n) is 2.54. The van der Waals surface area contributed by atoms with E-state index in [1.807, 2.05) is 42.0 Å². The van der Waals surface area contributed by atoms with Gasteiger partial charge < -0.3 is 4.74 Å². The van der Waals surface area contributed by atoms with Crippen LogP contribution in [0.5, 0.6) is 0 Å². The molecule has 6 heteroatoms. The number of halogens is 2. The molecule has 130 valence electrons. The number of hydrogen-bond acceptors (Lipinski definition) is 3. The zero-order valence-electron chi connectivity index (χ0n) is 14.0. The maximum Gasteiger partial charge on any atom is 0.176 e. The summed E-state index contributed by atoms with van der Waals surface area (Å²) in [6.45, 7) is 2.37. The van der Waals surface area contributed by atoms with Gasteiger partial charge in [0.1, 0.15) is 11.6 Å². The summed E-state index contributed by atoms with van der Waals surface area (Å²) >= 11 is 12.0. The number of ether oxygens (including phenoxy) is 1. The van der Waals surface area contributed by atoms with E-state index in [1.165, 1.54) is 6.40 Å². The van der Waals surface area contributed by atoms with Gasteiger partial charge in [0.25, 0.3) is 0 Å². The minimum absolute atomic E-state index is 0.457. The van der Waals surface area contributed by atoms with E-state index in [0.29, 0.717) is 28.0 Å². The fraction of sp³-hybridized carbons (Fsp3) is 0.100. The van der Waals surface area contributed by atoms with E-state index >= 15 is 0 Å². The number of benzene rings is 2. The smallest absolute Gasteiger partial charge is 0.176 e. The van der Waals surface area contributed by atoms with Crippen LogP contribution in [0.3, 0.4) is 0 Å². The third kappa shape index (κ3) is 3.75. The molecule has 0 aliphatic rings. The predicted molar refractivity (Wildman–Crippen MR) is 106 cm³/mol. The van der Waals surface area contributed by atoms with E-state index in [0.717, 1.165) is 16.8 Å². The van der Waals surface area contributed by atoms with Crippen LogP contribution in [-0.2, 0) is 4.74 Å². The standard InChI is InChI=1S/C20H15Cl2N3O/c1-2-26-13-24-20-18(11-23)19(14-3-5-15(21)6-4-14)12-25(20)17-9-7-16(22)8-10-17/h3-10,12-13H,2H2,1H3. The van der Waals surface area contributed by atoms with Gasteiger partial charge in [-0.2, -0.15) is 5.26 Å². The lowest BCUT2D eigenvalue weighted by atomic mass is 10.1. The summed E-state index contributed by atoms with van der Waals surface area (Å²) in [7, 11) is 0. The van der Waals surface area contributed by atoms with Crippen LogP contribution in [0.15, 0.2) is 59.7 Å². The molecule has 0 unspecified atom stereocenters. The van der Waals surface area contributed by atoms with Crippen LogP contribution in [-0.4, -0.2) is 17.6 Å². The lowest BCUT2D eigenvalue weighted by Gasteiger charge is -2.06. The van der Waals surface area contributed by atoms with E-state index in [2.05, 4.69) is 11.1 Å². The largest absolute Gasteiger partial charge is 0.483 e. The Morgan fingerprint density at radius 1 is 1.08 bits per heavy atom. The molecule has 0 N–H and O–H groups in total.